The van der Waals surface area contributed by atoms with Crippen molar-refractivity contribution in [3.63, 3.8) is 0 Å². The van der Waals surface area contributed by atoms with Gasteiger partial charge in [-0.3, -0.25) is 10.3 Å². The molecule has 1 saturated heterocycles. The van der Waals surface area contributed by atoms with E-state index < -0.39 is 28.9 Å². The first-order chi connectivity index (χ1) is 20.3. The predicted molar refractivity (Wildman–Crippen MR) is 165 cm³/mol. The van der Waals surface area contributed by atoms with Gasteiger partial charge in [0, 0.05) is 30.2 Å². The molecular formula is C31H30F3N5O3S. The molecule has 0 spiro atoms. The molecule has 3 aromatic carbocycles. The smallest absolute Gasteiger partial charge is 0.407 e. The number of thiocarbonyl (C=S) groups is 1. The zero-order chi connectivity index (χ0) is 31.4. The van der Waals surface area contributed by atoms with Gasteiger partial charge in [0.2, 0.25) is 0 Å². The highest BCUT2D eigenvalue weighted by Gasteiger charge is 2.48. The molecule has 0 amide bonds. The quantitative estimate of drug-likeness (QED) is 0.117. The van der Waals surface area contributed by atoms with Crippen LogP contribution in [0.4, 0.5) is 35.9 Å². The summed E-state index contributed by atoms with van der Waals surface area (Å²) in [6.07, 6.45) is -3.14. The summed E-state index contributed by atoms with van der Waals surface area (Å²) in [7, 11) is 0. The van der Waals surface area contributed by atoms with E-state index in [1.807, 2.05) is 48.5 Å². The number of nitrogens with zero attached hydrogens (tertiary/aromatic N) is 3. The van der Waals surface area contributed by atoms with E-state index in [4.69, 9.17) is 34.0 Å². The number of alkyl halides is 3. The summed E-state index contributed by atoms with van der Waals surface area (Å²) in [5, 5.41) is 20.9. The molecule has 12 heteroatoms. The molecule has 1 fully saturated rings. The molecule has 224 valence electrons. The fourth-order valence-electron chi connectivity index (χ4n) is 4.78. The number of hydrogen-bond donors (Lipinski definition) is 3. The summed E-state index contributed by atoms with van der Waals surface area (Å²) >= 11 is 5.70. The van der Waals surface area contributed by atoms with E-state index in [0.717, 1.165) is 48.3 Å². The lowest BCUT2D eigenvalue weighted by Gasteiger charge is -2.30. The monoisotopic (exact) mass is 609 g/mol. The van der Waals surface area contributed by atoms with Crippen molar-refractivity contribution >= 4 is 51.9 Å². The Bertz CT molecular complexity index is 1550. The van der Waals surface area contributed by atoms with Crippen molar-refractivity contribution in [1.82, 2.24) is 0 Å². The fraction of sp³-hybridized carbons (Fsp3) is 0.290. The topological polar surface area (TPSA) is 93.3 Å². The number of unbranched alkanes of at least 4 members (excludes halogenated alkanes) is 1. The molecule has 3 N–H and O–H groups in total. The van der Waals surface area contributed by atoms with Gasteiger partial charge in [-0.15, -0.1) is 0 Å². The Balaban J connectivity index is 1.45. The molecule has 0 bridgehead atoms. The summed E-state index contributed by atoms with van der Waals surface area (Å²) in [5.74, 6) is -0.962. The van der Waals surface area contributed by atoms with Gasteiger partial charge in [0.15, 0.2) is 10.8 Å². The minimum Gasteiger partial charge on any atom is -0.480 e. The summed E-state index contributed by atoms with van der Waals surface area (Å²) in [6.45, 7) is 11.5. The molecule has 0 radical (unpaired) electrons. The molecule has 3 aromatic rings. The fourth-order valence-corrected chi connectivity index (χ4v) is 5.31. The van der Waals surface area contributed by atoms with Crippen molar-refractivity contribution in [1.29, 1.82) is 5.41 Å². The van der Waals surface area contributed by atoms with Crippen LogP contribution in [0.2, 0.25) is 0 Å². The van der Waals surface area contributed by atoms with Crippen LogP contribution in [0.3, 0.4) is 0 Å². The van der Waals surface area contributed by atoms with Crippen LogP contribution < -0.4 is 15.1 Å². The van der Waals surface area contributed by atoms with E-state index in [1.165, 1.54) is 11.0 Å². The van der Waals surface area contributed by atoms with Crippen LogP contribution in [0.25, 0.3) is 16.0 Å². The Morgan fingerprint density at radius 1 is 1.05 bits per heavy atom. The van der Waals surface area contributed by atoms with Crippen molar-refractivity contribution < 1.29 is 27.8 Å². The normalized spacial score (nSPS) is 14.6. The molecule has 1 heterocycles. The number of aliphatic carboxylic acids is 1. The molecule has 0 atom stereocenters. The van der Waals surface area contributed by atoms with Gasteiger partial charge in [-0.2, -0.15) is 13.2 Å². The molecule has 1 aliphatic heterocycles. The first kappa shape index (κ1) is 31.5. The second-order valence-electron chi connectivity index (χ2n) is 10.4. The zero-order valence-electron chi connectivity index (χ0n) is 23.5. The van der Waals surface area contributed by atoms with Crippen molar-refractivity contribution in [3.05, 3.63) is 83.7 Å². The number of anilines is 3. The van der Waals surface area contributed by atoms with E-state index in [-0.39, 0.29) is 23.2 Å². The SMILES string of the molecule is [C-]#[N+]c1ccc(N2C(=N)C(C)(C)N(c3ccc(-c4ccc(NCCCCOCC(=O)O)cc4)cc3)C2=S)cc1C(F)(F)F. The Kier molecular flexibility index (Phi) is 9.37. The minimum atomic E-state index is -4.72. The molecule has 0 saturated carbocycles. The number of rotatable bonds is 11. The highest BCUT2D eigenvalue weighted by atomic mass is 32.1. The van der Waals surface area contributed by atoms with E-state index >= 15 is 0 Å². The van der Waals surface area contributed by atoms with Crippen molar-refractivity contribution in [3.8, 4) is 11.1 Å². The lowest BCUT2D eigenvalue weighted by Crippen LogP contribution is -2.44. The van der Waals surface area contributed by atoms with Gasteiger partial charge < -0.3 is 20.1 Å². The number of carboxylic acid groups (broad SMARTS) is 1. The second-order valence-corrected chi connectivity index (χ2v) is 10.7. The first-order valence-electron chi connectivity index (χ1n) is 13.4. The van der Waals surface area contributed by atoms with Crippen LogP contribution in [-0.4, -0.2) is 47.3 Å². The van der Waals surface area contributed by atoms with Gasteiger partial charge in [-0.25, -0.2) is 9.64 Å². The molecule has 4 rings (SSSR count). The largest absolute Gasteiger partial charge is 0.480 e. The number of benzene rings is 3. The Morgan fingerprint density at radius 3 is 2.23 bits per heavy atom. The maximum atomic E-state index is 13.6. The van der Waals surface area contributed by atoms with Crippen LogP contribution in [0.1, 0.15) is 32.3 Å². The minimum absolute atomic E-state index is 0.0149. The third kappa shape index (κ3) is 6.96. The van der Waals surface area contributed by atoms with Gasteiger partial charge >= 0.3 is 12.1 Å². The Labute approximate surface area is 253 Å². The molecular weight excluding hydrogens is 579 g/mol. The number of hydrogen-bond acceptors (Lipinski definition) is 5. The van der Waals surface area contributed by atoms with E-state index in [0.29, 0.717) is 12.3 Å². The Hall–Kier alpha value is -4.47. The average Bonchev–Trinajstić information content (AvgIpc) is 3.14. The molecule has 1 aliphatic rings. The predicted octanol–water partition coefficient (Wildman–Crippen LogP) is 7.58. The number of halogens is 3. The maximum absolute atomic E-state index is 13.6. The van der Waals surface area contributed by atoms with Gasteiger partial charge in [0.05, 0.1) is 17.7 Å². The number of carboxylic acids is 1. The van der Waals surface area contributed by atoms with Crippen molar-refractivity contribution in [2.45, 2.75) is 38.4 Å². The van der Waals surface area contributed by atoms with Crippen LogP contribution in [-0.2, 0) is 15.7 Å². The number of nitrogens with one attached hydrogen (secondary N) is 2. The molecule has 0 aliphatic carbocycles. The zero-order valence-corrected chi connectivity index (χ0v) is 24.4. The molecule has 0 aromatic heterocycles. The van der Waals surface area contributed by atoms with Crippen molar-refractivity contribution in [2.24, 2.45) is 0 Å². The summed E-state index contributed by atoms with van der Waals surface area (Å²) in [5.41, 5.74) is 1.11. The summed E-state index contributed by atoms with van der Waals surface area (Å²) < 4.78 is 45.9. The van der Waals surface area contributed by atoms with Gasteiger partial charge in [0.1, 0.15) is 12.4 Å². The van der Waals surface area contributed by atoms with Crippen LogP contribution in [0.15, 0.2) is 66.7 Å². The second kappa shape index (κ2) is 12.8. The van der Waals surface area contributed by atoms with Crippen LogP contribution >= 0.6 is 12.2 Å². The molecule has 43 heavy (non-hydrogen) atoms. The standard InChI is InChI=1S/C31H30F3N5O3S/c1-30(2)28(35)38(24-14-15-26(36-3)25(18-24)31(32,33)34)29(43)39(30)23-12-8-21(9-13-23)20-6-10-22(11-7-20)37-16-4-5-17-42-19-27(40)41/h6-15,18,35,37H,4-5,16-17,19H2,1-2H3,(H,40,41). The van der Waals surface area contributed by atoms with Crippen LogP contribution in [0, 0.1) is 12.0 Å². The summed E-state index contributed by atoms with van der Waals surface area (Å²) in [4.78, 5) is 16.5. The first-order valence-corrected chi connectivity index (χ1v) is 13.8. The van der Waals surface area contributed by atoms with Gasteiger partial charge in [-0.05, 0) is 86.4 Å². The Morgan fingerprint density at radius 2 is 1.65 bits per heavy atom. The lowest BCUT2D eigenvalue weighted by molar-refractivity contribution is -0.142. The van der Waals surface area contributed by atoms with E-state index in [2.05, 4.69) is 10.2 Å². The van der Waals surface area contributed by atoms with E-state index in [1.54, 1.807) is 18.7 Å². The van der Waals surface area contributed by atoms with Gasteiger partial charge in [0.25, 0.3) is 0 Å². The average molecular weight is 610 g/mol. The molecule has 0 unspecified atom stereocenters. The summed E-state index contributed by atoms with van der Waals surface area (Å²) in [6, 6.07) is 18.8. The van der Waals surface area contributed by atoms with Crippen molar-refractivity contribution in [2.75, 3.05) is 34.9 Å². The lowest BCUT2D eigenvalue weighted by atomic mass is 10.0. The highest BCUT2D eigenvalue weighted by Crippen LogP contribution is 2.42. The number of carbonyl (C=O) groups is 1. The number of ether oxygens (including phenoxy) is 1. The van der Waals surface area contributed by atoms with Gasteiger partial charge in [-0.1, -0.05) is 30.3 Å². The molecule has 8 nitrogen and oxygen atoms in total. The van der Waals surface area contributed by atoms with E-state index in [9.17, 15) is 18.0 Å². The third-order valence-electron chi connectivity index (χ3n) is 7.02. The highest BCUT2D eigenvalue weighted by molar-refractivity contribution is 7.81. The third-order valence-corrected chi connectivity index (χ3v) is 7.39. The van der Waals surface area contributed by atoms with Crippen LogP contribution in [0.5, 0.6) is 0 Å². The maximum Gasteiger partial charge on any atom is 0.407 e. The number of amidine groups is 1.